The zero-order valence-corrected chi connectivity index (χ0v) is 25.7. The smallest absolute Gasteiger partial charge is 0.264 e. The van der Waals surface area contributed by atoms with Crippen molar-refractivity contribution in [2.45, 2.75) is 71.5 Å². The molecule has 9 heteroatoms. The molecular weight excluding hydrogens is 546 g/mol. The van der Waals surface area contributed by atoms with Gasteiger partial charge in [-0.1, -0.05) is 53.6 Å². The molecule has 0 aliphatic rings. The van der Waals surface area contributed by atoms with Crippen molar-refractivity contribution in [1.82, 2.24) is 10.2 Å². The lowest BCUT2D eigenvalue weighted by atomic mass is 10.1. The fraction of sp³-hybridized carbons (Fsp3) is 0.355. The number of sulfonamides is 1. The first-order chi connectivity index (χ1) is 18.6. The molecule has 0 aliphatic heterocycles. The molecule has 0 aromatic heterocycles. The summed E-state index contributed by atoms with van der Waals surface area (Å²) >= 11 is 6.42. The number of anilines is 1. The topological polar surface area (TPSA) is 86.8 Å². The van der Waals surface area contributed by atoms with Gasteiger partial charge < -0.3 is 10.2 Å². The maximum atomic E-state index is 14.0. The van der Waals surface area contributed by atoms with E-state index in [-0.39, 0.29) is 17.3 Å². The fourth-order valence-electron chi connectivity index (χ4n) is 4.11. The van der Waals surface area contributed by atoms with E-state index < -0.39 is 34.1 Å². The minimum absolute atomic E-state index is 0.0303. The van der Waals surface area contributed by atoms with Gasteiger partial charge in [0.25, 0.3) is 10.0 Å². The summed E-state index contributed by atoms with van der Waals surface area (Å²) in [7, 11) is -4.13. The number of benzene rings is 3. The summed E-state index contributed by atoms with van der Waals surface area (Å²) in [5, 5.41) is 3.36. The standard InChI is InChI=1S/C31H38ClN3O4S/c1-21-12-16-27(17-13-21)40(38,39)35(26-15-14-22(2)23(3)18-26)20-29(36)34(19-25-10-8-9-11-28(25)32)24(4)30(37)33-31(5,6)7/h8-18,24H,19-20H2,1-7H3,(H,33,37)/t24-/m0/s1. The van der Waals surface area contributed by atoms with Crippen molar-refractivity contribution in [1.29, 1.82) is 0 Å². The number of amides is 2. The maximum Gasteiger partial charge on any atom is 0.264 e. The molecule has 3 rings (SSSR count). The van der Waals surface area contributed by atoms with Crippen LogP contribution in [0.5, 0.6) is 0 Å². The van der Waals surface area contributed by atoms with Crippen LogP contribution in [0.25, 0.3) is 0 Å². The van der Waals surface area contributed by atoms with E-state index in [0.717, 1.165) is 21.0 Å². The molecule has 0 spiro atoms. The molecular formula is C31H38ClN3O4S. The molecule has 7 nitrogen and oxygen atoms in total. The molecule has 40 heavy (non-hydrogen) atoms. The summed E-state index contributed by atoms with van der Waals surface area (Å²) in [6.45, 7) is 12.4. The molecule has 0 bridgehead atoms. The summed E-state index contributed by atoms with van der Waals surface area (Å²) < 4.78 is 29.0. The maximum absolute atomic E-state index is 14.0. The highest BCUT2D eigenvalue weighted by molar-refractivity contribution is 7.92. The highest BCUT2D eigenvalue weighted by Gasteiger charge is 2.33. The minimum atomic E-state index is -4.13. The van der Waals surface area contributed by atoms with Gasteiger partial charge in [0.15, 0.2) is 0 Å². The van der Waals surface area contributed by atoms with E-state index >= 15 is 0 Å². The van der Waals surface area contributed by atoms with Crippen LogP contribution in [-0.4, -0.2) is 43.3 Å². The molecule has 0 heterocycles. The van der Waals surface area contributed by atoms with E-state index in [4.69, 9.17) is 11.6 Å². The Morgan fingerprint density at radius 1 is 0.925 bits per heavy atom. The van der Waals surface area contributed by atoms with Gasteiger partial charge in [0.2, 0.25) is 11.8 Å². The normalized spacial score (nSPS) is 12.5. The third kappa shape index (κ3) is 7.64. The summed E-state index contributed by atoms with van der Waals surface area (Å²) in [6, 6.07) is 17.9. The molecule has 1 atom stereocenters. The van der Waals surface area contributed by atoms with Crippen LogP contribution >= 0.6 is 11.6 Å². The average molecular weight is 584 g/mol. The summed E-state index contributed by atoms with van der Waals surface area (Å²) in [6.07, 6.45) is 0. The number of hydrogen-bond acceptors (Lipinski definition) is 4. The van der Waals surface area contributed by atoms with Gasteiger partial charge in [0.05, 0.1) is 10.6 Å². The molecule has 214 valence electrons. The quantitative estimate of drug-likeness (QED) is 0.345. The number of nitrogens with zero attached hydrogens (tertiary/aromatic N) is 2. The van der Waals surface area contributed by atoms with Crippen LogP contribution in [0.1, 0.15) is 49.9 Å². The molecule has 0 unspecified atom stereocenters. The molecule has 3 aromatic carbocycles. The predicted molar refractivity (Wildman–Crippen MR) is 161 cm³/mol. The third-order valence-electron chi connectivity index (χ3n) is 6.63. The van der Waals surface area contributed by atoms with E-state index in [9.17, 15) is 18.0 Å². The van der Waals surface area contributed by atoms with Crippen molar-refractivity contribution in [3.05, 3.63) is 94.0 Å². The number of halogens is 1. The second kappa shape index (κ2) is 12.4. The van der Waals surface area contributed by atoms with Gasteiger partial charge in [0.1, 0.15) is 12.6 Å². The number of aryl methyl sites for hydroxylation is 3. The minimum Gasteiger partial charge on any atom is -0.350 e. The van der Waals surface area contributed by atoms with E-state index in [2.05, 4.69) is 5.32 Å². The average Bonchev–Trinajstić information content (AvgIpc) is 2.87. The SMILES string of the molecule is Cc1ccc(S(=O)(=O)N(CC(=O)N(Cc2ccccc2Cl)[C@@H](C)C(=O)NC(C)(C)C)c2ccc(C)c(C)c2)cc1. The highest BCUT2D eigenvalue weighted by Crippen LogP contribution is 2.27. The molecule has 0 radical (unpaired) electrons. The van der Waals surface area contributed by atoms with Crippen LogP contribution in [0, 0.1) is 20.8 Å². The van der Waals surface area contributed by atoms with Gasteiger partial charge in [-0.15, -0.1) is 0 Å². The Hall–Kier alpha value is -3.36. The fourth-order valence-corrected chi connectivity index (χ4v) is 5.72. The Labute approximate surface area is 243 Å². The number of nitrogens with one attached hydrogen (secondary N) is 1. The van der Waals surface area contributed by atoms with Crippen LogP contribution in [0.4, 0.5) is 5.69 Å². The Balaban J connectivity index is 2.08. The largest absolute Gasteiger partial charge is 0.350 e. The Morgan fingerprint density at radius 3 is 2.12 bits per heavy atom. The lowest BCUT2D eigenvalue weighted by Gasteiger charge is -2.33. The lowest BCUT2D eigenvalue weighted by molar-refractivity contribution is -0.140. The van der Waals surface area contributed by atoms with Gasteiger partial charge in [-0.3, -0.25) is 13.9 Å². The molecule has 0 fully saturated rings. The lowest BCUT2D eigenvalue weighted by Crippen LogP contribution is -2.54. The molecule has 0 saturated heterocycles. The molecule has 2 amide bonds. The highest BCUT2D eigenvalue weighted by atomic mass is 35.5. The van der Waals surface area contributed by atoms with E-state index in [0.29, 0.717) is 16.3 Å². The Morgan fingerprint density at radius 2 is 1.55 bits per heavy atom. The van der Waals surface area contributed by atoms with Gasteiger partial charge in [-0.05, 0) is 95.5 Å². The first-order valence-corrected chi connectivity index (χ1v) is 14.9. The van der Waals surface area contributed by atoms with Gasteiger partial charge in [0, 0.05) is 17.1 Å². The van der Waals surface area contributed by atoms with Crippen molar-refractivity contribution in [3.8, 4) is 0 Å². The third-order valence-corrected chi connectivity index (χ3v) is 8.79. The summed E-state index contributed by atoms with van der Waals surface area (Å²) in [5.41, 5.74) is 3.28. The second-order valence-electron chi connectivity index (χ2n) is 11.1. The van der Waals surface area contributed by atoms with Crippen LogP contribution in [0.15, 0.2) is 71.6 Å². The van der Waals surface area contributed by atoms with Crippen LogP contribution in [-0.2, 0) is 26.2 Å². The van der Waals surface area contributed by atoms with E-state index in [1.165, 1.54) is 17.0 Å². The van der Waals surface area contributed by atoms with Crippen molar-refractivity contribution in [2.75, 3.05) is 10.8 Å². The Kier molecular flexibility index (Phi) is 9.69. The van der Waals surface area contributed by atoms with Crippen molar-refractivity contribution < 1.29 is 18.0 Å². The van der Waals surface area contributed by atoms with Crippen molar-refractivity contribution >= 4 is 39.1 Å². The number of carbonyl (C=O) groups excluding carboxylic acids is 2. The molecule has 0 aliphatic carbocycles. The number of rotatable bonds is 9. The summed E-state index contributed by atoms with van der Waals surface area (Å²) in [4.78, 5) is 28.7. The first kappa shape index (κ1) is 31.2. The number of carbonyl (C=O) groups is 2. The second-order valence-corrected chi connectivity index (χ2v) is 13.4. The molecule has 3 aromatic rings. The zero-order valence-electron chi connectivity index (χ0n) is 24.2. The van der Waals surface area contributed by atoms with Crippen LogP contribution < -0.4 is 9.62 Å². The first-order valence-electron chi connectivity index (χ1n) is 13.1. The molecule has 0 saturated carbocycles. The van der Waals surface area contributed by atoms with Crippen molar-refractivity contribution in [3.63, 3.8) is 0 Å². The summed E-state index contributed by atoms with van der Waals surface area (Å²) in [5.74, 6) is -0.891. The van der Waals surface area contributed by atoms with Crippen LogP contribution in [0.2, 0.25) is 5.02 Å². The monoisotopic (exact) mass is 583 g/mol. The van der Waals surface area contributed by atoms with E-state index in [1.54, 1.807) is 55.5 Å². The molecule has 1 N–H and O–H groups in total. The van der Waals surface area contributed by atoms with Gasteiger partial charge >= 0.3 is 0 Å². The van der Waals surface area contributed by atoms with Gasteiger partial charge in [-0.2, -0.15) is 0 Å². The Bertz CT molecular complexity index is 1480. The zero-order chi connectivity index (χ0) is 29.8. The van der Waals surface area contributed by atoms with Crippen LogP contribution in [0.3, 0.4) is 0 Å². The predicted octanol–water partition coefficient (Wildman–Crippen LogP) is 5.79. The van der Waals surface area contributed by atoms with Gasteiger partial charge in [-0.25, -0.2) is 8.42 Å². The number of hydrogen-bond donors (Lipinski definition) is 1. The van der Waals surface area contributed by atoms with Crippen molar-refractivity contribution in [2.24, 2.45) is 0 Å². The van der Waals surface area contributed by atoms with E-state index in [1.807, 2.05) is 47.6 Å².